The smallest absolute Gasteiger partial charge is 0.242 e. The van der Waals surface area contributed by atoms with Gasteiger partial charge in [-0.25, -0.2) is 0 Å². The molecule has 1 N–H and O–H groups in total. The summed E-state index contributed by atoms with van der Waals surface area (Å²) in [4.78, 5) is 27.0. The summed E-state index contributed by atoms with van der Waals surface area (Å²) in [6.07, 6.45) is 0. The van der Waals surface area contributed by atoms with Crippen molar-refractivity contribution in [3.8, 4) is 5.75 Å². The number of carbonyl (C=O) groups excluding carboxylic acids is 2. The summed E-state index contributed by atoms with van der Waals surface area (Å²) < 4.78 is 6.31. The molecular formula is C22H27BrN2O3S. The predicted octanol–water partition coefficient (Wildman–Crippen LogP) is 4.24. The summed E-state index contributed by atoms with van der Waals surface area (Å²) in [5.41, 5.74) is 2.08. The highest BCUT2D eigenvalue weighted by Gasteiger charge is 2.25. The SMILES string of the molecule is CCNC(=O)[C@H](C)N(Cc1cccc(OC)c1)C(=O)CSCc1ccc(Br)cc1. The van der Waals surface area contributed by atoms with Crippen molar-refractivity contribution >= 4 is 39.5 Å². The Bertz CT molecular complexity index is 814. The standard InChI is InChI=1S/C22H27BrN2O3S/c1-4-24-22(27)16(2)25(13-18-6-5-7-20(12-18)28-3)21(26)15-29-14-17-8-10-19(23)11-9-17/h5-12,16H,4,13-15H2,1-3H3,(H,24,27)/t16-/m0/s1. The zero-order valence-electron chi connectivity index (χ0n) is 17.0. The van der Waals surface area contributed by atoms with E-state index < -0.39 is 6.04 Å². The van der Waals surface area contributed by atoms with Crippen molar-refractivity contribution in [1.29, 1.82) is 0 Å². The number of hydrogen-bond acceptors (Lipinski definition) is 4. The lowest BCUT2D eigenvalue weighted by Crippen LogP contribution is -2.48. The van der Waals surface area contributed by atoms with Crippen LogP contribution in [-0.2, 0) is 21.9 Å². The van der Waals surface area contributed by atoms with Crippen LogP contribution < -0.4 is 10.1 Å². The summed E-state index contributed by atoms with van der Waals surface area (Å²) in [6, 6.07) is 15.1. The number of likely N-dealkylation sites (N-methyl/N-ethyl adjacent to an activating group) is 1. The molecule has 7 heteroatoms. The van der Waals surface area contributed by atoms with Gasteiger partial charge in [0.2, 0.25) is 11.8 Å². The van der Waals surface area contributed by atoms with E-state index in [9.17, 15) is 9.59 Å². The van der Waals surface area contributed by atoms with Crippen LogP contribution in [0, 0.1) is 0 Å². The molecule has 156 valence electrons. The van der Waals surface area contributed by atoms with Crippen molar-refractivity contribution in [3.05, 3.63) is 64.1 Å². The molecule has 0 aromatic heterocycles. The number of carbonyl (C=O) groups is 2. The van der Waals surface area contributed by atoms with E-state index in [1.165, 1.54) is 0 Å². The number of amides is 2. The third-order valence-corrected chi connectivity index (χ3v) is 5.93. The minimum atomic E-state index is -0.554. The van der Waals surface area contributed by atoms with Gasteiger partial charge in [-0.1, -0.05) is 40.2 Å². The minimum Gasteiger partial charge on any atom is -0.497 e. The molecule has 1 atom stereocenters. The maximum atomic E-state index is 13.0. The van der Waals surface area contributed by atoms with Crippen LogP contribution in [0.2, 0.25) is 0 Å². The van der Waals surface area contributed by atoms with Crippen LogP contribution >= 0.6 is 27.7 Å². The Balaban J connectivity index is 2.06. The third kappa shape index (κ3) is 7.40. The highest BCUT2D eigenvalue weighted by molar-refractivity contribution is 9.10. The first-order valence-corrected chi connectivity index (χ1v) is 11.4. The molecule has 0 bridgehead atoms. The van der Waals surface area contributed by atoms with Crippen molar-refractivity contribution in [2.45, 2.75) is 32.2 Å². The highest BCUT2D eigenvalue weighted by Crippen LogP contribution is 2.19. The van der Waals surface area contributed by atoms with E-state index in [-0.39, 0.29) is 11.8 Å². The number of nitrogens with zero attached hydrogens (tertiary/aromatic N) is 1. The molecule has 0 saturated carbocycles. The second kappa shape index (κ2) is 11.9. The molecule has 0 heterocycles. The van der Waals surface area contributed by atoms with E-state index in [1.54, 1.807) is 30.7 Å². The molecule has 0 fully saturated rings. The minimum absolute atomic E-state index is 0.0614. The van der Waals surface area contributed by atoms with E-state index in [4.69, 9.17) is 4.74 Å². The van der Waals surface area contributed by atoms with Gasteiger partial charge in [-0.2, -0.15) is 0 Å². The normalized spacial score (nSPS) is 11.6. The van der Waals surface area contributed by atoms with Gasteiger partial charge in [0.15, 0.2) is 0 Å². The van der Waals surface area contributed by atoms with Crippen LogP contribution in [0.4, 0.5) is 0 Å². The lowest BCUT2D eigenvalue weighted by atomic mass is 10.1. The fraction of sp³-hybridized carbons (Fsp3) is 0.364. The zero-order chi connectivity index (χ0) is 21.2. The molecule has 5 nitrogen and oxygen atoms in total. The van der Waals surface area contributed by atoms with Gasteiger partial charge in [-0.15, -0.1) is 11.8 Å². The first kappa shape index (κ1) is 23.3. The quantitative estimate of drug-likeness (QED) is 0.554. The molecule has 29 heavy (non-hydrogen) atoms. The number of halogens is 1. The molecule has 0 unspecified atom stereocenters. The predicted molar refractivity (Wildman–Crippen MR) is 122 cm³/mol. The Morgan fingerprint density at radius 2 is 1.90 bits per heavy atom. The Hall–Kier alpha value is -1.99. The molecule has 0 spiro atoms. The average Bonchev–Trinajstić information content (AvgIpc) is 2.73. The van der Waals surface area contributed by atoms with Gasteiger partial charge in [0.1, 0.15) is 11.8 Å². The van der Waals surface area contributed by atoms with E-state index in [1.807, 2.05) is 55.5 Å². The summed E-state index contributed by atoms with van der Waals surface area (Å²) in [7, 11) is 1.61. The van der Waals surface area contributed by atoms with Crippen LogP contribution in [0.15, 0.2) is 53.0 Å². The zero-order valence-corrected chi connectivity index (χ0v) is 19.4. The van der Waals surface area contributed by atoms with Gasteiger partial charge in [0.25, 0.3) is 0 Å². The summed E-state index contributed by atoms with van der Waals surface area (Å²) >= 11 is 4.97. The third-order valence-electron chi connectivity index (χ3n) is 4.41. The molecule has 2 aromatic carbocycles. The van der Waals surface area contributed by atoms with Gasteiger partial charge >= 0.3 is 0 Å². The molecule has 2 aromatic rings. The Labute approximate surface area is 185 Å². The maximum absolute atomic E-state index is 13.0. The van der Waals surface area contributed by atoms with Gasteiger partial charge in [0.05, 0.1) is 12.9 Å². The first-order valence-electron chi connectivity index (χ1n) is 9.47. The van der Waals surface area contributed by atoms with Gasteiger partial charge in [0, 0.05) is 23.3 Å². The highest BCUT2D eigenvalue weighted by atomic mass is 79.9. The van der Waals surface area contributed by atoms with E-state index >= 15 is 0 Å². The van der Waals surface area contributed by atoms with E-state index in [0.29, 0.717) is 18.8 Å². The molecule has 0 aliphatic carbocycles. The second-order valence-electron chi connectivity index (χ2n) is 6.56. The molecule has 0 aliphatic heterocycles. The van der Waals surface area contributed by atoms with E-state index in [2.05, 4.69) is 21.2 Å². The van der Waals surface area contributed by atoms with Gasteiger partial charge < -0.3 is 15.0 Å². The van der Waals surface area contributed by atoms with Crippen LogP contribution in [0.5, 0.6) is 5.75 Å². The number of thioether (sulfide) groups is 1. The lowest BCUT2D eigenvalue weighted by molar-refractivity contribution is -0.138. The van der Waals surface area contributed by atoms with Crippen molar-refractivity contribution in [3.63, 3.8) is 0 Å². The number of rotatable bonds is 10. The van der Waals surface area contributed by atoms with Crippen LogP contribution in [0.3, 0.4) is 0 Å². The largest absolute Gasteiger partial charge is 0.497 e. The second-order valence-corrected chi connectivity index (χ2v) is 8.46. The molecule has 0 aliphatic rings. The molecule has 0 saturated heterocycles. The Morgan fingerprint density at radius 1 is 1.17 bits per heavy atom. The van der Waals surface area contributed by atoms with Crippen molar-refractivity contribution in [2.24, 2.45) is 0 Å². The Morgan fingerprint density at radius 3 is 2.55 bits per heavy atom. The topological polar surface area (TPSA) is 58.6 Å². The van der Waals surface area contributed by atoms with Crippen LogP contribution in [-0.4, -0.2) is 42.2 Å². The average molecular weight is 479 g/mol. The number of methoxy groups -OCH3 is 1. The fourth-order valence-electron chi connectivity index (χ4n) is 2.79. The van der Waals surface area contributed by atoms with Crippen molar-refractivity contribution in [1.82, 2.24) is 10.2 Å². The number of benzene rings is 2. The molecular weight excluding hydrogens is 452 g/mol. The number of hydrogen-bond donors (Lipinski definition) is 1. The first-order chi connectivity index (χ1) is 13.9. The summed E-state index contributed by atoms with van der Waals surface area (Å²) in [6.45, 7) is 4.52. The number of ether oxygens (including phenoxy) is 1. The van der Waals surface area contributed by atoms with Crippen LogP contribution in [0.25, 0.3) is 0 Å². The lowest BCUT2D eigenvalue weighted by Gasteiger charge is -2.28. The van der Waals surface area contributed by atoms with Crippen molar-refractivity contribution < 1.29 is 14.3 Å². The molecule has 2 amide bonds. The van der Waals surface area contributed by atoms with Gasteiger partial charge in [-0.05, 0) is 49.2 Å². The molecule has 0 radical (unpaired) electrons. The van der Waals surface area contributed by atoms with Gasteiger partial charge in [-0.3, -0.25) is 9.59 Å². The summed E-state index contributed by atoms with van der Waals surface area (Å²) in [5.74, 6) is 1.56. The van der Waals surface area contributed by atoms with E-state index in [0.717, 1.165) is 27.1 Å². The Kier molecular flexibility index (Phi) is 9.54. The van der Waals surface area contributed by atoms with Crippen molar-refractivity contribution in [2.75, 3.05) is 19.4 Å². The number of nitrogens with one attached hydrogen (secondary N) is 1. The summed E-state index contributed by atoms with van der Waals surface area (Å²) in [5, 5.41) is 2.81. The van der Waals surface area contributed by atoms with Crippen LogP contribution in [0.1, 0.15) is 25.0 Å². The maximum Gasteiger partial charge on any atom is 0.242 e. The monoisotopic (exact) mass is 478 g/mol. The fourth-order valence-corrected chi connectivity index (χ4v) is 3.93. The molecule has 2 rings (SSSR count).